The van der Waals surface area contributed by atoms with Crippen LogP contribution in [-0.2, 0) is 19.0 Å². The van der Waals surface area contributed by atoms with Crippen LogP contribution in [0.1, 0.15) is 51.8 Å². The number of carbonyl (C=O) groups is 2. The molecule has 152 valence electrons. The number of carbonyl (C=O) groups excluding carboxylic acids is 2. The average molecular weight is 391 g/mol. The van der Waals surface area contributed by atoms with Crippen LogP contribution in [0, 0.1) is 11.8 Å². The van der Waals surface area contributed by atoms with Crippen molar-refractivity contribution < 1.29 is 28.2 Å². The van der Waals surface area contributed by atoms with Gasteiger partial charge in [0.05, 0.1) is 13.2 Å². The number of halogens is 1. The van der Waals surface area contributed by atoms with E-state index in [-0.39, 0.29) is 0 Å². The summed E-state index contributed by atoms with van der Waals surface area (Å²) in [5.41, 5.74) is -0.434. The molecule has 1 aromatic carbocycles. The Labute approximate surface area is 164 Å². The molecule has 1 fully saturated rings. The molecule has 6 nitrogen and oxygen atoms in total. The van der Waals surface area contributed by atoms with E-state index < -0.39 is 42.2 Å². The second kappa shape index (κ2) is 8.19. The summed E-state index contributed by atoms with van der Waals surface area (Å²) >= 11 is 0. The van der Waals surface area contributed by atoms with Crippen LogP contribution in [0.3, 0.4) is 0 Å². The van der Waals surface area contributed by atoms with Crippen LogP contribution in [-0.4, -0.2) is 48.1 Å². The summed E-state index contributed by atoms with van der Waals surface area (Å²) in [6.07, 6.45) is -1.28. The van der Waals surface area contributed by atoms with Gasteiger partial charge in [-0.25, -0.2) is 14.0 Å². The molecule has 0 aromatic heterocycles. The number of nitrogens with zero attached hydrogens (tertiary/aromatic N) is 1. The first-order chi connectivity index (χ1) is 13.0. The number of ether oxygens (including phenoxy) is 3. The fraction of sp³-hybridized carbons (Fsp3) is 0.524. The van der Waals surface area contributed by atoms with Crippen LogP contribution in [0.4, 0.5) is 9.18 Å². The van der Waals surface area contributed by atoms with E-state index >= 15 is 0 Å². The third kappa shape index (κ3) is 5.02. The van der Waals surface area contributed by atoms with Gasteiger partial charge in [0, 0.05) is 11.5 Å². The molecule has 7 heteroatoms. The molecule has 2 rings (SSSR count). The van der Waals surface area contributed by atoms with Crippen LogP contribution in [0.15, 0.2) is 24.3 Å². The maximum Gasteiger partial charge on any atom is 0.413 e. The Morgan fingerprint density at radius 2 is 1.86 bits per heavy atom. The zero-order valence-electron chi connectivity index (χ0n) is 17.0. The lowest BCUT2D eigenvalue weighted by atomic mass is 10.0. The van der Waals surface area contributed by atoms with Gasteiger partial charge in [-0.2, -0.15) is 0 Å². The third-order valence-corrected chi connectivity index (χ3v) is 4.16. The molecule has 0 radical (unpaired) electrons. The average Bonchev–Trinajstić information content (AvgIpc) is 2.89. The monoisotopic (exact) mass is 391 g/mol. The van der Waals surface area contributed by atoms with Crippen molar-refractivity contribution in [2.45, 2.75) is 58.1 Å². The Hall–Kier alpha value is -2.59. The lowest BCUT2D eigenvalue weighted by Crippen LogP contribution is -2.50. The van der Waals surface area contributed by atoms with Crippen LogP contribution < -0.4 is 0 Å². The predicted molar refractivity (Wildman–Crippen MR) is 101 cm³/mol. The summed E-state index contributed by atoms with van der Waals surface area (Å²) in [6, 6.07) is 6.06. The molecule has 0 bridgehead atoms. The minimum atomic E-state index is -1.03. The predicted octanol–water partition coefficient (Wildman–Crippen LogP) is 3.59. The minimum Gasteiger partial charge on any atom is -0.459 e. The molecule has 28 heavy (non-hydrogen) atoms. The first kappa shape index (κ1) is 21.7. The van der Waals surface area contributed by atoms with Crippen LogP contribution in [0.5, 0.6) is 0 Å². The van der Waals surface area contributed by atoms with Gasteiger partial charge in [-0.3, -0.25) is 4.90 Å². The summed E-state index contributed by atoms with van der Waals surface area (Å²) in [6.45, 7) is 7.89. The lowest BCUT2D eigenvalue weighted by Gasteiger charge is -2.34. The van der Waals surface area contributed by atoms with Crippen molar-refractivity contribution in [2.24, 2.45) is 0 Å². The molecular weight excluding hydrogens is 365 g/mol. The number of methoxy groups -OCH3 is 1. The minimum absolute atomic E-state index is 0.604. The molecule has 0 N–H and O–H groups in total. The fourth-order valence-corrected chi connectivity index (χ4v) is 3.02. The van der Waals surface area contributed by atoms with Gasteiger partial charge in [-0.15, -0.1) is 0 Å². The number of alkyl halides is 1. The van der Waals surface area contributed by atoms with Gasteiger partial charge in [-0.1, -0.05) is 18.1 Å². The first-order valence-electron chi connectivity index (χ1n) is 8.94. The standard InChI is InChI=1S/C21H26FNO5/c1-20(2,3)28-19(25)23-16(13-22)18(27-21(23,4)5)15-10-7-14(8-11-15)9-12-17(24)26-6/h7-8,10-11,16,18H,13H2,1-6H3/t16-,18-/m1/s1. The summed E-state index contributed by atoms with van der Waals surface area (Å²) in [5, 5.41) is 0. The van der Waals surface area contributed by atoms with Crippen molar-refractivity contribution in [1.29, 1.82) is 0 Å². The number of esters is 1. The van der Waals surface area contributed by atoms with E-state index in [1.54, 1.807) is 58.9 Å². The normalized spacial score (nSPS) is 20.9. The second-order valence-electron chi connectivity index (χ2n) is 7.92. The summed E-state index contributed by atoms with van der Waals surface area (Å²) in [5.74, 6) is 4.40. The molecule has 1 amide bonds. The van der Waals surface area contributed by atoms with E-state index in [2.05, 4.69) is 16.6 Å². The highest BCUT2D eigenvalue weighted by atomic mass is 19.1. The molecule has 0 aliphatic carbocycles. The first-order valence-corrected chi connectivity index (χ1v) is 8.94. The molecule has 1 heterocycles. The highest BCUT2D eigenvalue weighted by Crippen LogP contribution is 2.42. The van der Waals surface area contributed by atoms with Crippen LogP contribution >= 0.6 is 0 Å². The number of hydrogen-bond donors (Lipinski definition) is 0. The Morgan fingerprint density at radius 1 is 1.25 bits per heavy atom. The van der Waals surface area contributed by atoms with E-state index in [9.17, 15) is 14.0 Å². The zero-order chi connectivity index (χ0) is 21.1. The van der Waals surface area contributed by atoms with Crippen molar-refractivity contribution in [2.75, 3.05) is 13.8 Å². The molecule has 1 aromatic rings. The summed E-state index contributed by atoms with van der Waals surface area (Å²) in [7, 11) is 1.26. The summed E-state index contributed by atoms with van der Waals surface area (Å²) in [4.78, 5) is 25.1. The number of hydrogen-bond acceptors (Lipinski definition) is 5. The number of benzene rings is 1. The van der Waals surface area contributed by atoms with Gasteiger partial charge < -0.3 is 14.2 Å². The van der Waals surface area contributed by atoms with Gasteiger partial charge in [0.15, 0.2) is 0 Å². The van der Waals surface area contributed by atoms with Gasteiger partial charge in [0.1, 0.15) is 24.1 Å². The number of rotatable bonds is 2. The van der Waals surface area contributed by atoms with Gasteiger partial charge in [0.25, 0.3) is 0 Å². The second-order valence-corrected chi connectivity index (χ2v) is 7.92. The van der Waals surface area contributed by atoms with Crippen molar-refractivity contribution in [3.8, 4) is 11.8 Å². The molecule has 0 spiro atoms. The maximum absolute atomic E-state index is 13.9. The van der Waals surface area contributed by atoms with Crippen LogP contribution in [0.2, 0.25) is 0 Å². The van der Waals surface area contributed by atoms with E-state index in [0.29, 0.717) is 11.1 Å². The van der Waals surface area contributed by atoms with Crippen molar-refractivity contribution in [3.63, 3.8) is 0 Å². The van der Waals surface area contributed by atoms with Crippen LogP contribution in [0.25, 0.3) is 0 Å². The Bertz CT molecular complexity index is 786. The van der Waals surface area contributed by atoms with Gasteiger partial charge >= 0.3 is 12.1 Å². The van der Waals surface area contributed by atoms with E-state index in [1.165, 1.54) is 12.0 Å². The topological polar surface area (TPSA) is 65.1 Å². The number of amides is 1. The SMILES string of the molecule is COC(=O)C#Cc1ccc([C@H]2OC(C)(C)N(C(=O)OC(C)(C)C)[C@@H]2CF)cc1. The van der Waals surface area contributed by atoms with Crippen molar-refractivity contribution in [3.05, 3.63) is 35.4 Å². The maximum atomic E-state index is 13.9. The molecular formula is C21H26FNO5. The highest BCUT2D eigenvalue weighted by molar-refractivity contribution is 5.89. The van der Waals surface area contributed by atoms with E-state index in [1.807, 2.05) is 0 Å². The third-order valence-electron chi connectivity index (χ3n) is 4.16. The van der Waals surface area contributed by atoms with Crippen molar-refractivity contribution in [1.82, 2.24) is 4.90 Å². The zero-order valence-corrected chi connectivity index (χ0v) is 17.0. The summed E-state index contributed by atoms with van der Waals surface area (Å²) < 4.78 is 29.9. The Morgan fingerprint density at radius 3 is 2.36 bits per heavy atom. The van der Waals surface area contributed by atoms with Gasteiger partial charge in [0.2, 0.25) is 0 Å². The van der Waals surface area contributed by atoms with E-state index in [4.69, 9.17) is 9.47 Å². The molecule has 0 unspecified atom stereocenters. The highest BCUT2D eigenvalue weighted by Gasteiger charge is 2.51. The van der Waals surface area contributed by atoms with Crippen molar-refractivity contribution >= 4 is 12.1 Å². The van der Waals surface area contributed by atoms with E-state index in [0.717, 1.165) is 0 Å². The Balaban J connectivity index is 2.27. The Kier molecular flexibility index (Phi) is 6.35. The van der Waals surface area contributed by atoms with Gasteiger partial charge in [-0.05, 0) is 52.3 Å². The molecule has 1 aliphatic heterocycles. The molecule has 0 saturated carbocycles. The molecule has 2 atom stereocenters. The molecule has 1 saturated heterocycles. The smallest absolute Gasteiger partial charge is 0.413 e. The fourth-order valence-electron chi connectivity index (χ4n) is 3.02. The largest absolute Gasteiger partial charge is 0.459 e. The lowest BCUT2D eigenvalue weighted by molar-refractivity contribution is -0.133. The quantitative estimate of drug-likeness (QED) is 0.569. The molecule has 1 aliphatic rings.